The van der Waals surface area contributed by atoms with E-state index in [1.165, 1.54) is 27.2 Å². The van der Waals surface area contributed by atoms with Crippen LogP contribution >= 0.6 is 0 Å². The average molecular weight is 340 g/mol. The van der Waals surface area contributed by atoms with Crippen molar-refractivity contribution in [2.45, 2.75) is 19.0 Å². The summed E-state index contributed by atoms with van der Waals surface area (Å²) in [6, 6.07) is 33.5. The van der Waals surface area contributed by atoms with Crippen LogP contribution in [0.3, 0.4) is 0 Å². The first kappa shape index (κ1) is 16.8. The molecule has 1 heteroatoms. The molecule has 1 N–H and O–H groups in total. The summed E-state index contributed by atoms with van der Waals surface area (Å²) in [5.41, 5.74) is 5.60. The topological polar surface area (TPSA) is 4.44 Å². The number of rotatable bonds is 3. The maximum Gasteiger partial charge on any atom is 0.133 e. The lowest BCUT2D eigenvalue weighted by molar-refractivity contribution is -0.941. The van der Waals surface area contributed by atoms with Crippen LogP contribution < -0.4 is 4.90 Å². The smallest absolute Gasteiger partial charge is 0.133 e. The summed E-state index contributed by atoms with van der Waals surface area (Å²) in [6.07, 6.45) is 2.49. The van der Waals surface area contributed by atoms with Crippen LogP contribution in [0.2, 0.25) is 0 Å². The first-order valence-corrected chi connectivity index (χ1v) is 9.46. The van der Waals surface area contributed by atoms with Gasteiger partial charge in [0.25, 0.3) is 0 Å². The summed E-state index contributed by atoms with van der Waals surface area (Å²) in [7, 11) is 2.34. The summed E-state index contributed by atoms with van der Waals surface area (Å²) in [5.74, 6) is 0.458. The van der Waals surface area contributed by atoms with Gasteiger partial charge in [-0.2, -0.15) is 0 Å². The molecule has 0 aromatic heterocycles. The van der Waals surface area contributed by atoms with Crippen LogP contribution in [-0.2, 0) is 0 Å². The van der Waals surface area contributed by atoms with Gasteiger partial charge in [0.1, 0.15) is 12.1 Å². The average Bonchev–Trinajstić information content (AvgIpc) is 2.70. The first-order valence-electron chi connectivity index (χ1n) is 9.46. The molecular weight excluding hydrogens is 314 g/mol. The molecule has 26 heavy (non-hydrogen) atoms. The summed E-state index contributed by atoms with van der Waals surface area (Å²) < 4.78 is 0. The van der Waals surface area contributed by atoms with E-state index >= 15 is 0 Å². The van der Waals surface area contributed by atoms with Gasteiger partial charge in [0.2, 0.25) is 0 Å². The number of hydrogen-bond donors (Lipinski definition) is 1. The molecule has 1 heterocycles. The third-order valence-electron chi connectivity index (χ3n) is 5.74. The summed E-state index contributed by atoms with van der Waals surface area (Å²) >= 11 is 0. The lowest BCUT2D eigenvalue weighted by Crippen LogP contribution is -3.10. The third kappa shape index (κ3) is 3.11. The van der Waals surface area contributed by atoms with E-state index in [0.29, 0.717) is 18.0 Å². The van der Waals surface area contributed by atoms with Gasteiger partial charge in [-0.15, -0.1) is 0 Å². The van der Waals surface area contributed by atoms with Crippen molar-refractivity contribution in [3.63, 3.8) is 0 Å². The molecule has 0 amide bonds. The standard InChI is InChI=1S/C25H25N/c1-19-23(20-12-6-3-7-13-20)18-24(21-14-8-4-9-15-21)26(2)25(19)22-16-10-5-11-17-22/h3-19,24-25H,1-2H3/p+1/t19-,24+,25-/m1/s1. The monoisotopic (exact) mass is 340 g/mol. The van der Waals surface area contributed by atoms with E-state index in [1.54, 1.807) is 0 Å². The van der Waals surface area contributed by atoms with Crippen LogP contribution in [0.4, 0.5) is 0 Å². The Morgan fingerprint density at radius 1 is 0.654 bits per heavy atom. The van der Waals surface area contributed by atoms with Crippen LogP contribution in [0.25, 0.3) is 5.57 Å². The Balaban J connectivity index is 1.84. The van der Waals surface area contributed by atoms with Crippen LogP contribution in [0.1, 0.15) is 35.7 Å². The SMILES string of the molecule is C[C@@H]1C(c2ccccc2)=C[C@@H](c2ccccc2)[NH+](C)[C@H]1c1ccccc1. The molecule has 3 aromatic rings. The Labute approximate surface area is 156 Å². The molecule has 1 unspecified atom stereocenters. The molecule has 0 saturated heterocycles. The Kier molecular flexibility index (Phi) is 4.73. The van der Waals surface area contributed by atoms with Crippen LogP contribution in [0.15, 0.2) is 97.1 Å². The largest absolute Gasteiger partial charge is 0.321 e. The van der Waals surface area contributed by atoms with Gasteiger partial charge >= 0.3 is 0 Å². The fourth-order valence-corrected chi connectivity index (χ4v) is 4.45. The maximum absolute atomic E-state index is 2.49. The van der Waals surface area contributed by atoms with Gasteiger partial charge in [0.05, 0.1) is 7.05 Å². The van der Waals surface area contributed by atoms with E-state index < -0.39 is 0 Å². The first-order chi connectivity index (χ1) is 12.8. The van der Waals surface area contributed by atoms with E-state index in [9.17, 15) is 0 Å². The minimum absolute atomic E-state index is 0.354. The highest BCUT2D eigenvalue weighted by Crippen LogP contribution is 2.37. The minimum Gasteiger partial charge on any atom is -0.321 e. The van der Waals surface area contributed by atoms with Crippen molar-refractivity contribution in [2.24, 2.45) is 5.92 Å². The van der Waals surface area contributed by atoms with Gasteiger partial charge in [-0.1, -0.05) is 97.9 Å². The molecule has 130 valence electrons. The molecule has 3 aromatic carbocycles. The summed E-state index contributed by atoms with van der Waals surface area (Å²) in [5, 5.41) is 0. The second kappa shape index (κ2) is 7.31. The molecule has 0 fully saturated rings. The zero-order chi connectivity index (χ0) is 17.9. The highest BCUT2D eigenvalue weighted by atomic mass is 15.2. The Morgan fingerprint density at radius 2 is 1.15 bits per heavy atom. The maximum atomic E-state index is 2.49. The molecule has 1 nitrogen and oxygen atoms in total. The Morgan fingerprint density at radius 3 is 1.73 bits per heavy atom. The number of quaternary nitrogens is 1. The number of nitrogens with one attached hydrogen (secondary N) is 1. The number of hydrogen-bond acceptors (Lipinski definition) is 0. The zero-order valence-electron chi connectivity index (χ0n) is 15.5. The Bertz CT molecular complexity index is 868. The van der Waals surface area contributed by atoms with Gasteiger partial charge in [-0.05, 0) is 17.2 Å². The summed E-state index contributed by atoms with van der Waals surface area (Å²) in [6.45, 7) is 2.38. The van der Waals surface area contributed by atoms with E-state index in [4.69, 9.17) is 0 Å². The molecule has 0 spiro atoms. The highest BCUT2D eigenvalue weighted by Gasteiger charge is 2.39. The van der Waals surface area contributed by atoms with Gasteiger partial charge in [0.15, 0.2) is 0 Å². The number of benzene rings is 3. The van der Waals surface area contributed by atoms with E-state index in [-0.39, 0.29) is 0 Å². The van der Waals surface area contributed by atoms with Gasteiger partial charge in [-0.3, -0.25) is 0 Å². The van der Waals surface area contributed by atoms with Crippen LogP contribution in [0, 0.1) is 5.92 Å². The van der Waals surface area contributed by atoms with E-state index in [2.05, 4.69) is 111 Å². The lowest BCUT2D eigenvalue weighted by atomic mass is 9.78. The van der Waals surface area contributed by atoms with Crippen molar-refractivity contribution in [3.05, 3.63) is 114 Å². The molecule has 1 aliphatic heterocycles. The highest BCUT2D eigenvalue weighted by molar-refractivity contribution is 5.69. The third-order valence-corrected chi connectivity index (χ3v) is 5.74. The number of likely N-dealkylation sites (N-methyl/N-ethyl adjacent to an activating group) is 1. The molecule has 0 saturated carbocycles. The zero-order valence-corrected chi connectivity index (χ0v) is 15.5. The van der Waals surface area contributed by atoms with Crippen LogP contribution in [-0.4, -0.2) is 7.05 Å². The van der Waals surface area contributed by atoms with Crippen molar-refractivity contribution in [1.82, 2.24) is 0 Å². The molecule has 0 aliphatic carbocycles. The predicted octanol–water partition coefficient (Wildman–Crippen LogP) is 4.72. The fourth-order valence-electron chi connectivity index (χ4n) is 4.45. The quantitative estimate of drug-likeness (QED) is 0.704. The molecule has 0 bridgehead atoms. The van der Waals surface area contributed by atoms with Crippen molar-refractivity contribution < 1.29 is 4.90 Å². The second-order valence-electron chi connectivity index (χ2n) is 7.30. The van der Waals surface area contributed by atoms with Crippen molar-refractivity contribution in [2.75, 3.05) is 7.05 Å². The Hall–Kier alpha value is -2.64. The molecule has 4 atom stereocenters. The van der Waals surface area contributed by atoms with Gasteiger partial charge < -0.3 is 4.90 Å². The van der Waals surface area contributed by atoms with E-state index in [0.717, 1.165) is 0 Å². The molecule has 0 radical (unpaired) electrons. The predicted molar refractivity (Wildman–Crippen MR) is 109 cm³/mol. The van der Waals surface area contributed by atoms with Crippen molar-refractivity contribution in [3.8, 4) is 0 Å². The molecular formula is C25H26N+. The van der Waals surface area contributed by atoms with Crippen LogP contribution in [0.5, 0.6) is 0 Å². The van der Waals surface area contributed by atoms with Gasteiger partial charge in [0, 0.05) is 17.0 Å². The van der Waals surface area contributed by atoms with Crippen molar-refractivity contribution >= 4 is 5.57 Å². The lowest BCUT2D eigenvalue weighted by Gasteiger charge is -2.40. The van der Waals surface area contributed by atoms with Gasteiger partial charge in [-0.25, -0.2) is 0 Å². The minimum atomic E-state index is 0.354. The van der Waals surface area contributed by atoms with Crippen molar-refractivity contribution in [1.29, 1.82) is 0 Å². The summed E-state index contributed by atoms with van der Waals surface area (Å²) in [4.78, 5) is 1.54. The molecule has 4 rings (SSSR count). The second-order valence-corrected chi connectivity index (χ2v) is 7.30. The fraction of sp³-hybridized carbons (Fsp3) is 0.200. The normalized spacial score (nSPS) is 25.5. The van der Waals surface area contributed by atoms with E-state index in [1.807, 2.05) is 0 Å². The molecule has 1 aliphatic rings.